The molecule has 2 atom stereocenters. The summed E-state index contributed by atoms with van der Waals surface area (Å²) < 4.78 is 4.85. The monoisotopic (exact) mass is 314 g/mol. The number of benzene rings is 1. The van der Waals surface area contributed by atoms with Crippen LogP contribution in [0.5, 0.6) is 0 Å². The van der Waals surface area contributed by atoms with Gasteiger partial charge in [-0.25, -0.2) is 4.98 Å². The molecule has 1 N–H and O–H groups in total. The Morgan fingerprint density at radius 3 is 2.91 bits per heavy atom. The Morgan fingerprint density at radius 1 is 1.39 bits per heavy atom. The summed E-state index contributed by atoms with van der Waals surface area (Å²) in [5.74, 6) is 1.69. The number of hydrogen-bond donors (Lipinski definition) is 1. The van der Waals surface area contributed by atoms with Crippen molar-refractivity contribution in [2.24, 2.45) is 0 Å². The second kappa shape index (κ2) is 6.91. The second-order valence-corrected chi connectivity index (χ2v) is 5.94. The van der Waals surface area contributed by atoms with E-state index in [1.165, 1.54) is 7.11 Å². The van der Waals surface area contributed by atoms with E-state index in [-0.39, 0.29) is 17.9 Å². The van der Waals surface area contributed by atoms with Crippen LogP contribution in [0.2, 0.25) is 0 Å². The third-order valence-corrected chi connectivity index (χ3v) is 4.46. The lowest BCUT2D eigenvalue weighted by Gasteiger charge is -2.34. The maximum atomic E-state index is 11.7. The summed E-state index contributed by atoms with van der Waals surface area (Å²) in [6.07, 6.45) is 2.08. The number of aromatic nitrogens is 3. The summed E-state index contributed by atoms with van der Waals surface area (Å²) in [5, 5.41) is 7.41. The maximum absolute atomic E-state index is 11.7. The van der Waals surface area contributed by atoms with Crippen molar-refractivity contribution < 1.29 is 9.53 Å². The molecular weight excluding hydrogens is 292 g/mol. The molecule has 0 radical (unpaired) electrons. The van der Waals surface area contributed by atoms with Crippen LogP contribution in [-0.2, 0) is 9.53 Å². The first kappa shape index (κ1) is 15.7. The molecule has 2 heterocycles. The summed E-state index contributed by atoms with van der Waals surface area (Å²) in [4.78, 5) is 18.6. The fraction of sp³-hybridized carbons (Fsp3) is 0.471. The number of ether oxygens (including phenoxy) is 1. The van der Waals surface area contributed by atoms with E-state index >= 15 is 0 Å². The standard InChI is InChI=1S/C17H22N4O2/c1-12(17(22)23-2)21-10-6-9-14(11-21)16-18-15(19-20-16)13-7-4-3-5-8-13/h3-5,7-8,12,14H,6,9-11H2,1-2H3,(H,18,19,20). The van der Waals surface area contributed by atoms with Crippen molar-refractivity contribution >= 4 is 5.97 Å². The molecule has 3 rings (SSSR count). The molecule has 0 amide bonds. The van der Waals surface area contributed by atoms with Gasteiger partial charge in [0.1, 0.15) is 11.9 Å². The number of nitrogens with zero attached hydrogens (tertiary/aromatic N) is 3. The molecule has 2 aromatic rings. The molecule has 0 spiro atoms. The number of esters is 1. The van der Waals surface area contributed by atoms with E-state index in [4.69, 9.17) is 4.74 Å². The van der Waals surface area contributed by atoms with Crippen molar-refractivity contribution in [3.63, 3.8) is 0 Å². The van der Waals surface area contributed by atoms with E-state index in [0.717, 1.165) is 43.1 Å². The molecule has 1 aromatic carbocycles. The number of carbonyl (C=O) groups excluding carboxylic acids is 1. The molecule has 2 unspecified atom stereocenters. The molecule has 0 saturated carbocycles. The number of piperidine rings is 1. The van der Waals surface area contributed by atoms with Crippen molar-refractivity contribution in [3.05, 3.63) is 36.2 Å². The van der Waals surface area contributed by atoms with Crippen LogP contribution < -0.4 is 0 Å². The van der Waals surface area contributed by atoms with Crippen LogP contribution in [0.1, 0.15) is 31.5 Å². The number of rotatable bonds is 4. The molecule has 1 aromatic heterocycles. The molecule has 1 aliphatic rings. The fourth-order valence-electron chi connectivity index (χ4n) is 3.07. The molecule has 122 valence electrons. The molecule has 1 fully saturated rings. The average molecular weight is 314 g/mol. The normalized spacial score (nSPS) is 20.2. The zero-order valence-corrected chi connectivity index (χ0v) is 13.5. The number of carbonyl (C=O) groups is 1. The van der Waals surface area contributed by atoms with E-state index in [1.54, 1.807) is 0 Å². The molecule has 23 heavy (non-hydrogen) atoms. The summed E-state index contributed by atoms with van der Waals surface area (Å²) in [7, 11) is 1.43. The van der Waals surface area contributed by atoms with E-state index in [1.807, 2.05) is 37.3 Å². The molecule has 0 aliphatic carbocycles. The van der Waals surface area contributed by atoms with Gasteiger partial charge in [-0.3, -0.25) is 14.8 Å². The number of methoxy groups -OCH3 is 1. The number of aromatic amines is 1. The molecule has 0 bridgehead atoms. The first-order valence-electron chi connectivity index (χ1n) is 7.98. The average Bonchev–Trinajstić information content (AvgIpc) is 3.11. The summed E-state index contributed by atoms with van der Waals surface area (Å²) in [5.41, 5.74) is 1.01. The van der Waals surface area contributed by atoms with E-state index in [0.29, 0.717) is 0 Å². The predicted octanol–water partition coefficient (Wildman–Crippen LogP) is 2.21. The maximum Gasteiger partial charge on any atom is 0.322 e. The van der Waals surface area contributed by atoms with Crippen LogP contribution in [0.3, 0.4) is 0 Å². The third kappa shape index (κ3) is 3.42. The lowest BCUT2D eigenvalue weighted by atomic mass is 9.96. The van der Waals surface area contributed by atoms with Crippen LogP contribution in [-0.4, -0.2) is 52.3 Å². The van der Waals surface area contributed by atoms with Crippen LogP contribution in [0.15, 0.2) is 30.3 Å². The first-order chi connectivity index (χ1) is 11.2. The topological polar surface area (TPSA) is 71.1 Å². The third-order valence-electron chi connectivity index (χ3n) is 4.46. The highest BCUT2D eigenvalue weighted by molar-refractivity contribution is 5.75. The Bertz CT molecular complexity index is 656. The second-order valence-electron chi connectivity index (χ2n) is 5.94. The van der Waals surface area contributed by atoms with E-state index in [2.05, 4.69) is 20.1 Å². The van der Waals surface area contributed by atoms with E-state index < -0.39 is 0 Å². The van der Waals surface area contributed by atoms with Gasteiger partial charge in [-0.1, -0.05) is 30.3 Å². The molecular formula is C17H22N4O2. The summed E-state index contributed by atoms with van der Waals surface area (Å²) >= 11 is 0. The van der Waals surface area contributed by atoms with Crippen LogP contribution >= 0.6 is 0 Å². The van der Waals surface area contributed by atoms with Gasteiger partial charge in [0.25, 0.3) is 0 Å². The van der Waals surface area contributed by atoms with Crippen LogP contribution in [0, 0.1) is 0 Å². The van der Waals surface area contributed by atoms with Gasteiger partial charge in [-0.05, 0) is 26.3 Å². The van der Waals surface area contributed by atoms with Crippen molar-refractivity contribution in [3.8, 4) is 11.4 Å². The predicted molar refractivity (Wildman–Crippen MR) is 86.8 cm³/mol. The van der Waals surface area contributed by atoms with Gasteiger partial charge in [0.15, 0.2) is 5.82 Å². The zero-order valence-electron chi connectivity index (χ0n) is 13.5. The molecule has 6 nitrogen and oxygen atoms in total. The molecule has 1 aliphatic heterocycles. The highest BCUT2D eigenvalue weighted by Crippen LogP contribution is 2.27. The van der Waals surface area contributed by atoms with Gasteiger partial charge >= 0.3 is 5.97 Å². The lowest BCUT2D eigenvalue weighted by Crippen LogP contribution is -2.45. The minimum Gasteiger partial charge on any atom is -0.468 e. The van der Waals surface area contributed by atoms with Gasteiger partial charge in [0, 0.05) is 18.0 Å². The Labute approximate surface area is 135 Å². The van der Waals surface area contributed by atoms with Crippen molar-refractivity contribution in [1.82, 2.24) is 20.1 Å². The van der Waals surface area contributed by atoms with Gasteiger partial charge in [0.2, 0.25) is 0 Å². The van der Waals surface area contributed by atoms with Gasteiger partial charge < -0.3 is 4.74 Å². The lowest BCUT2D eigenvalue weighted by molar-refractivity contribution is -0.146. The minimum atomic E-state index is -0.223. The van der Waals surface area contributed by atoms with Crippen molar-refractivity contribution in [1.29, 1.82) is 0 Å². The molecule has 1 saturated heterocycles. The van der Waals surface area contributed by atoms with E-state index in [9.17, 15) is 4.79 Å². The molecule has 6 heteroatoms. The Balaban J connectivity index is 1.72. The summed E-state index contributed by atoms with van der Waals surface area (Å²) in [6, 6.07) is 9.71. The van der Waals surface area contributed by atoms with Crippen molar-refractivity contribution in [2.75, 3.05) is 20.2 Å². The van der Waals surface area contributed by atoms with Gasteiger partial charge in [-0.15, -0.1) is 0 Å². The SMILES string of the molecule is COC(=O)C(C)N1CCCC(c2nc(-c3ccccc3)n[nH]2)C1. The van der Waals surface area contributed by atoms with Gasteiger partial charge in [0.05, 0.1) is 7.11 Å². The number of nitrogens with one attached hydrogen (secondary N) is 1. The fourth-order valence-corrected chi connectivity index (χ4v) is 3.07. The number of H-pyrrole nitrogens is 1. The number of hydrogen-bond acceptors (Lipinski definition) is 5. The zero-order chi connectivity index (χ0) is 16.2. The highest BCUT2D eigenvalue weighted by Gasteiger charge is 2.30. The Morgan fingerprint density at radius 2 is 2.17 bits per heavy atom. The smallest absolute Gasteiger partial charge is 0.322 e. The number of likely N-dealkylation sites (tertiary alicyclic amines) is 1. The minimum absolute atomic E-state index is 0.187. The Hall–Kier alpha value is -2.21. The van der Waals surface area contributed by atoms with Gasteiger partial charge in [-0.2, -0.15) is 5.10 Å². The van der Waals surface area contributed by atoms with Crippen LogP contribution in [0.4, 0.5) is 0 Å². The first-order valence-corrected chi connectivity index (χ1v) is 7.98. The largest absolute Gasteiger partial charge is 0.468 e. The van der Waals surface area contributed by atoms with Crippen LogP contribution in [0.25, 0.3) is 11.4 Å². The Kier molecular flexibility index (Phi) is 4.71. The summed E-state index contributed by atoms with van der Waals surface area (Å²) in [6.45, 7) is 3.59. The van der Waals surface area contributed by atoms with Crippen molar-refractivity contribution in [2.45, 2.75) is 31.7 Å². The quantitative estimate of drug-likeness (QED) is 0.876. The highest BCUT2D eigenvalue weighted by atomic mass is 16.5.